The first-order valence-electron chi connectivity index (χ1n) is 11.3. The van der Waals surface area contributed by atoms with E-state index in [9.17, 15) is 19.2 Å². The SMILES string of the molecule is NCCCCCN(CC(=O)N[C@H](CCCCN)COC(N)=O)C(=O)OC[C@H](N)CCC(N)=O. The number of unbranched alkanes of at least 4 members (excludes halogenated alkanes) is 3. The number of primary amides is 2. The molecule has 0 rings (SSSR count). The fraction of sp³-hybridized carbons (Fsp3) is 0.800. The highest BCUT2D eigenvalue weighted by molar-refractivity contribution is 5.82. The smallest absolute Gasteiger partial charge is 0.410 e. The van der Waals surface area contributed by atoms with Crippen LogP contribution in [-0.4, -0.2) is 80.4 Å². The number of hydrogen-bond donors (Lipinski definition) is 6. The van der Waals surface area contributed by atoms with E-state index in [0.29, 0.717) is 32.5 Å². The van der Waals surface area contributed by atoms with E-state index in [-0.39, 0.29) is 32.6 Å². The lowest BCUT2D eigenvalue weighted by atomic mass is 10.1. The number of ether oxygens (including phenoxy) is 2. The van der Waals surface area contributed by atoms with Crippen LogP contribution in [0.15, 0.2) is 0 Å². The van der Waals surface area contributed by atoms with E-state index in [1.165, 1.54) is 4.90 Å². The number of nitrogens with one attached hydrogen (secondary N) is 1. The van der Waals surface area contributed by atoms with Gasteiger partial charge in [0.1, 0.15) is 19.8 Å². The Morgan fingerprint density at radius 3 is 2.12 bits per heavy atom. The quantitative estimate of drug-likeness (QED) is 0.124. The van der Waals surface area contributed by atoms with Gasteiger partial charge in [-0.15, -0.1) is 0 Å². The molecule has 13 nitrogen and oxygen atoms in total. The minimum atomic E-state index is -0.939. The highest BCUT2D eigenvalue weighted by Gasteiger charge is 2.22. The molecular weight excluding hydrogens is 434 g/mol. The zero-order valence-electron chi connectivity index (χ0n) is 19.3. The first-order valence-corrected chi connectivity index (χ1v) is 11.3. The summed E-state index contributed by atoms with van der Waals surface area (Å²) in [6.45, 7) is 0.883. The molecule has 0 aliphatic heterocycles. The lowest BCUT2D eigenvalue weighted by Crippen LogP contribution is -2.47. The molecule has 13 heteroatoms. The van der Waals surface area contributed by atoms with Crippen molar-refractivity contribution in [3.05, 3.63) is 0 Å². The van der Waals surface area contributed by atoms with Gasteiger partial charge >= 0.3 is 12.2 Å². The average molecular weight is 476 g/mol. The maximum Gasteiger partial charge on any atom is 0.410 e. The van der Waals surface area contributed by atoms with E-state index in [0.717, 1.165) is 25.7 Å². The van der Waals surface area contributed by atoms with Gasteiger partial charge in [-0.25, -0.2) is 9.59 Å². The maximum atomic E-state index is 12.6. The van der Waals surface area contributed by atoms with E-state index < -0.39 is 36.1 Å². The molecule has 0 radical (unpaired) electrons. The van der Waals surface area contributed by atoms with Crippen LogP contribution < -0.4 is 34.0 Å². The molecule has 0 bridgehead atoms. The number of amides is 4. The van der Waals surface area contributed by atoms with Gasteiger partial charge in [-0.05, 0) is 45.2 Å². The third kappa shape index (κ3) is 17.6. The monoisotopic (exact) mass is 475 g/mol. The Kier molecular flexibility index (Phi) is 17.4. The summed E-state index contributed by atoms with van der Waals surface area (Å²) in [5, 5.41) is 2.76. The van der Waals surface area contributed by atoms with Crippen LogP contribution in [0.3, 0.4) is 0 Å². The van der Waals surface area contributed by atoms with E-state index in [2.05, 4.69) is 5.32 Å². The van der Waals surface area contributed by atoms with Crippen LogP contribution in [0.2, 0.25) is 0 Å². The summed E-state index contributed by atoms with van der Waals surface area (Å²) < 4.78 is 10.0. The largest absolute Gasteiger partial charge is 0.448 e. The van der Waals surface area contributed by atoms with Crippen molar-refractivity contribution in [1.29, 1.82) is 0 Å². The third-order valence-corrected chi connectivity index (χ3v) is 4.71. The molecule has 0 heterocycles. The fourth-order valence-corrected chi connectivity index (χ4v) is 2.90. The van der Waals surface area contributed by atoms with Crippen LogP contribution in [0.5, 0.6) is 0 Å². The number of nitrogens with zero attached hydrogens (tertiary/aromatic N) is 1. The molecular formula is C20H41N7O6. The van der Waals surface area contributed by atoms with Gasteiger partial charge in [0.2, 0.25) is 11.8 Å². The summed E-state index contributed by atoms with van der Waals surface area (Å²) in [5.41, 5.74) is 26.9. The second-order valence-electron chi connectivity index (χ2n) is 7.79. The highest BCUT2D eigenvalue weighted by atomic mass is 16.6. The van der Waals surface area contributed by atoms with Crippen molar-refractivity contribution < 1.29 is 28.7 Å². The molecule has 192 valence electrons. The van der Waals surface area contributed by atoms with Gasteiger partial charge in [-0.2, -0.15) is 0 Å². The molecule has 11 N–H and O–H groups in total. The van der Waals surface area contributed by atoms with E-state index in [1.54, 1.807) is 0 Å². The Bertz CT molecular complexity index is 593. The number of rotatable bonds is 19. The Hall–Kier alpha value is -2.64. The molecule has 0 aliphatic rings. The molecule has 0 saturated heterocycles. The fourth-order valence-electron chi connectivity index (χ4n) is 2.90. The number of hydrogen-bond acceptors (Lipinski definition) is 9. The lowest BCUT2D eigenvalue weighted by Gasteiger charge is -2.24. The lowest BCUT2D eigenvalue weighted by molar-refractivity contribution is -0.123. The van der Waals surface area contributed by atoms with Crippen molar-refractivity contribution in [3.63, 3.8) is 0 Å². The van der Waals surface area contributed by atoms with Crippen LogP contribution in [0.1, 0.15) is 51.4 Å². The average Bonchev–Trinajstić information content (AvgIpc) is 2.76. The number of nitrogens with two attached hydrogens (primary N) is 5. The van der Waals surface area contributed by atoms with Gasteiger partial charge in [0.15, 0.2) is 0 Å². The standard InChI is InChI=1S/C20H41N7O6/c21-9-3-1-5-11-27(20(31)33-13-15(23)7-8-17(24)28)12-18(29)26-16(6-2-4-10-22)14-32-19(25)30/h15-16H,1-14,21-23H2,(H2,24,28)(H2,25,30)(H,26,29)/t15-,16-/m1/s1. The molecule has 0 aliphatic carbocycles. The second kappa shape index (κ2) is 18.9. The molecule has 0 spiro atoms. The second-order valence-corrected chi connectivity index (χ2v) is 7.79. The summed E-state index contributed by atoms with van der Waals surface area (Å²) in [7, 11) is 0. The van der Waals surface area contributed by atoms with Crippen LogP contribution >= 0.6 is 0 Å². The number of carbonyl (C=O) groups is 4. The van der Waals surface area contributed by atoms with Gasteiger partial charge in [0.25, 0.3) is 0 Å². The number of carbonyl (C=O) groups excluding carboxylic acids is 4. The normalized spacial score (nSPS) is 12.5. The van der Waals surface area contributed by atoms with Crippen LogP contribution in [0.4, 0.5) is 9.59 Å². The topological polar surface area (TPSA) is 232 Å². The van der Waals surface area contributed by atoms with E-state index in [4.69, 9.17) is 38.1 Å². The van der Waals surface area contributed by atoms with Crippen molar-refractivity contribution in [3.8, 4) is 0 Å². The molecule has 2 atom stereocenters. The Morgan fingerprint density at radius 1 is 0.848 bits per heavy atom. The Labute approximate surface area is 195 Å². The molecule has 0 fully saturated rings. The van der Waals surface area contributed by atoms with Crippen molar-refractivity contribution in [1.82, 2.24) is 10.2 Å². The van der Waals surface area contributed by atoms with Crippen molar-refractivity contribution in [2.24, 2.45) is 28.7 Å². The predicted octanol–water partition coefficient (Wildman–Crippen LogP) is -1.14. The summed E-state index contributed by atoms with van der Waals surface area (Å²) in [6, 6.07) is -1.01. The Morgan fingerprint density at radius 2 is 1.52 bits per heavy atom. The molecule has 4 amide bonds. The van der Waals surface area contributed by atoms with Crippen LogP contribution in [-0.2, 0) is 19.1 Å². The minimum absolute atomic E-state index is 0.0820. The summed E-state index contributed by atoms with van der Waals surface area (Å²) in [5.74, 6) is -0.925. The summed E-state index contributed by atoms with van der Waals surface area (Å²) in [4.78, 5) is 48.2. The van der Waals surface area contributed by atoms with E-state index in [1.807, 2.05) is 0 Å². The summed E-state index contributed by atoms with van der Waals surface area (Å²) >= 11 is 0. The molecule has 0 saturated carbocycles. The first kappa shape index (κ1) is 30.4. The van der Waals surface area contributed by atoms with Gasteiger partial charge in [0.05, 0.1) is 6.04 Å². The van der Waals surface area contributed by atoms with Crippen molar-refractivity contribution in [2.75, 3.05) is 39.4 Å². The van der Waals surface area contributed by atoms with Gasteiger partial charge in [-0.3, -0.25) is 14.5 Å². The van der Waals surface area contributed by atoms with Crippen molar-refractivity contribution in [2.45, 2.75) is 63.5 Å². The maximum absolute atomic E-state index is 12.6. The Balaban J connectivity index is 4.88. The zero-order chi connectivity index (χ0) is 25.1. The molecule has 33 heavy (non-hydrogen) atoms. The van der Waals surface area contributed by atoms with Crippen molar-refractivity contribution >= 4 is 24.0 Å². The third-order valence-electron chi connectivity index (χ3n) is 4.71. The van der Waals surface area contributed by atoms with Gasteiger partial charge < -0.3 is 43.5 Å². The molecule has 0 aromatic rings. The predicted molar refractivity (Wildman–Crippen MR) is 123 cm³/mol. The van der Waals surface area contributed by atoms with Gasteiger partial charge in [0, 0.05) is 19.0 Å². The summed E-state index contributed by atoms with van der Waals surface area (Å²) in [6.07, 6.45) is 2.95. The van der Waals surface area contributed by atoms with Crippen LogP contribution in [0.25, 0.3) is 0 Å². The highest BCUT2D eigenvalue weighted by Crippen LogP contribution is 2.05. The van der Waals surface area contributed by atoms with Gasteiger partial charge in [-0.1, -0.05) is 12.8 Å². The van der Waals surface area contributed by atoms with E-state index >= 15 is 0 Å². The minimum Gasteiger partial charge on any atom is -0.448 e. The molecule has 0 aromatic carbocycles. The first-order chi connectivity index (χ1) is 15.7. The molecule has 0 unspecified atom stereocenters. The molecule has 0 aromatic heterocycles. The zero-order valence-corrected chi connectivity index (χ0v) is 19.3. The van der Waals surface area contributed by atoms with Crippen LogP contribution in [0, 0.1) is 0 Å².